The lowest BCUT2D eigenvalue weighted by Gasteiger charge is -2.30. The molecule has 2 unspecified atom stereocenters. The molecule has 1 saturated heterocycles. The number of aryl methyl sites for hydroxylation is 3. The van der Waals surface area contributed by atoms with E-state index < -0.39 is 12.0 Å². The van der Waals surface area contributed by atoms with E-state index in [0.717, 1.165) is 5.75 Å². The van der Waals surface area contributed by atoms with E-state index in [1.165, 1.54) is 22.3 Å². The molecule has 0 aliphatic carbocycles. The fraction of sp³-hybridized carbons (Fsp3) is 0.500. The van der Waals surface area contributed by atoms with Crippen molar-refractivity contribution in [2.24, 2.45) is 0 Å². The maximum atomic E-state index is 11.1. The van der Waals surface area contributed by atoms with Gasteiger partial charge in [0.15, 0.2) is 0 Å². The Balaban J connectivity index is 2.29. The fourth-order valence-corrected chi connectivity index (χ4v) is 3.80. The number of benzene rings is 1. The lowest BCUT2D eigenvalue weighted by molar-refractivity contribution is -0.139. The van der Waals surface area contributed by atoms with E-state index in [0.29, 0.717) is 5.75 Å². The van der Waals surface area contributed by atoms with Crippen LogP contribution in [-0.2, 0) is 4.79 Å². The van der Waals surface area contributed by atoms with Gasteiger partial charge in [-0.2, -0.15) is 11.8 Å². The Morgan fingerprint density at radius 2 is 1.89 bits per heavy atom. The van der Waals surface area contributed by atoms with Crippen molar-refractivity contribution in [2.75, 3.05) is 11.5 Å². The van der Waals surface area contributed by atoms with Crippen molar-refractivity contribution in [1.82, 2.24) is 5.32 Å². The molecule has 1 fully saturated rings. The topological polar surface area (TPSA) is 49.3 Å². The van der Waals surface area contributed by atoms with Crippen LogP contribution in [0, 0.1) is 20.8 Å². The fourth-order valence-electron chi connectivity index (χ4n) is 2.69. The minimum Gasteiger partial charge on any atom is -0.480 e. The summed E-state index contributed by atoms with van der Waals surface area (Å²) >= 11 is 1.71. The molecule has 3 nitrogen and oxygen atoms in total. The third kappa shape index (κ3) is 2.70. The van der Waals surface area contributed by atoms with Crippen molar-refractivity contribution < 1.29 is 9.90 Å². The van der Waals surface area contributed by atoms with Gasteiger partial charge in [0, 0.05) is 17.5 Å². The zero-order valence-corrected chi connectivity index (χ0v) is 11.8. The average molecular weight is 265 g/mol. The molecule has 2 atom stereocenters. The average Bonchev–Trinajstić information content (AvgIpc) is 2.28. The van der Waals surface area contributed by atoms with Gasteiger partial charge in [-0.05, 0) is 37.5 Å². The molecule has 2 rings (SSSR count). The Bertz CT molecular complexity index is 450. The summed E-state index contributed by atoms with van der Waals surface area (Å²) in [5, 5.41) is 12.4. The number of carboxylic acids is 1. The minimum absolute atomic E-state index is 0.144. The van der Waals surface area contributed by atoms with Crippen molar-refractivity contribution in [1.29, 1.82) is 0 Å². The second kappa shape index (κ2) is 5.33. The van der Waals surface area contributed by atoms with E-state index in [2.05, 4.69) is 38.2 Å². The highest BCUT2D eigenvalue weighted by Gasteiger charge is 2.28. The maximum Gasteiger partial charge on any atom is 0.321 e. The van der Waals surface area contributed by atoms with E-state index in [9.17, 15) is 4.79 Å². The van der Waals surface area contributed by atoms with Crippen LogP contribution in [-0.4, -0.2) is 28.6 Å². The SMILES string of the molecule is Cc1cc(C)c(C2CSCC(C(=O)O)N2)c(C)c1. The molecule has 0 saturated carbocycles. The zero-order chi connectivity index (χ0) is 13.3. The highest BCUT2D eigenvalue weighted by molar-refractivity contribution is 7.99. The molecule has 0 amide bonds. The van der Waals surface area contributed by atoms with Gasteiger partial charge in [-0.3, -0.25) is 10.1 Å². The van der Waals surface area contributed by atoms with Crippen LogP contribution in [0.2, 0.25) is 0 Å². The van der Waals surface area contributed by atoms with Gasteiger partial charge in [0.05, 0.1) is 0 Å². The Labute approximate surface area is 112 Å². The first-order chi connectivity index (χ1) is 8.49. The predicted molar refractivity (Wildman–Crippen MR) is 75.3 cm³/mol. The Morgan fingerprint density at radius 1 is 1.28 bits per heavy atom. The van der Waals surface area contributed by atoms with E-state index >= 15 is 0 Å². The smallest absolute Gasteiger partial charge is 0.321 e. The molecule has 18 heavy (non-hydrogen) atoms. The number of thioether (sulfide) groups is 1. The molecular formula is C14H19NO2S. The van der Waals surface area contributed by atoms with Gasteiger partial charge in [-0.1, -0.05) is 17.7 Å². The van der Waals surface area contributed by atoms with Crippen LogP contribution in [0.5, 0.6) is 0 Å². The van der Waals surface area contributed by atoms with Crippen LogP contribution in [0.1, 0.15) is 28.3 Å². The monoisotopic (exact) mass is 265 g/mol. The normalized spacial score (nSPS) is 23.9. The number of carboxylic acid groups (broad SMARTS) is 1. The van der Waals surface area contributed by atoms with Crippen molar-refractivity contribution in [3.8, 4) is 0 Å². The summed E-state index contributed by atoms with van der Waals surface area (Å²) in [6.07, 6.45) is 0. The molecule has 1 aromatic rings. The minimum atomic E-state index is -0.755. The number of hydrogen-bond donors (Lipinski definition) is 2. The van der Waals surface area contributed by atoms with Gasteiger partial charge in [-0.15, -0.1) is 0 Å². The van der Waals surface area contributed by atoms with Crippen molar-refractivity contribution in [3.63, 3.8) is 0 Å². The third-order valence-corrected chi connectivity index (χ3v) is 4.49. The van der Waals surface area contributed by atoms with Gasteiger partial charge in [-0.25, -0.2) is 0 Å². The molecule has 0 bridgehead atoms. The summed E-state index contributed by atoms with van der Waals surface area (Å²) in [4.78, 5) is 11.1. The lowest BCUT2D eigenvalue weighted by Crippen LogP contribution is -2.45. The van der Waals surface area contributed by atoms with E-state index in [-0.39, 0.29) is 6.04 Å². The summed E-state index contributed by atoms with van der Waals surface area (Å²) < 4.78 is 0. The molecule has 1 aliphatic heterocycles. The van der Waals surface area contributed by atoms with Gasteiger partial charge < -0.3 is 5.11 Å². The number of carbonyl (C=O) groups is 1. The van der Waals surface area contributed by atoms with Gasteiger partial charge >= 0.3 is 5.97 Å². The molecule has 0 radical (unpaired) electrons. The van der Waals surface area contributed by atoms with Gasteiger partial charge in [0.1, 0.15) is 6.04 Å². The third-order valence-electron chi connectivity index (χ3n) is 3.36. The first-order valence-electron chi connectivity index (χ1n) is 6.13. The van der Waals surface area contributed by atoms with Crippen LogP contribution < -0.4 is 5.32 Å². The summed E-state index contributed by atoms with van der Waals surface area (Å²) in [7, 11) is 0. The quantitative estimate of drug-likeness (QED) is 0.862. The van der Waals surface area contributed by atoms with Gasteiger partial charge in [0.25, 0.3) is 0 Å². The highest BCUT2D eigenvalue weighted by atomic mass is 32.2. The van der Waals surface area contributed by atoms with Crippen LogP contribution in [0.4, 0.5) is 0 Å². The second-order valence-electron chi connectivity index (χ2n) is 4.96. The van der Waals surface area contributed by atoms with Crippen LogP contribution in [0.15, 0.2) is 12.1 Å². The predicted octanol–water partition coefficient (Wildman–Crippen LogP) is 2.44. The summed E-state index contributed by atoms with van der Waals surface area (Å²) in [6, 6.07) is 4.04. The first-order valence-corrected chi connectivity index (χ1v) is 7.29. The first kappa shape index (κ1) is 13.4. The van der Waals surface area contributed by atoms with Crippen LogP contribution in [0.25, 0.3) is 0 Å². The van der Waals surface area contributed by atoms with Gasteiger partial charge in [0.2, 0.25) is 0 Å². The summed E-state index contributed by atoms with van der Waals surface area (Å²) in [5.74, 6) is 0.833. The zero-order valence-electron chi connectivity index (χ0n) is 11.0. The molecule has 1 heterocycles. The Kier molecular flexibility index (Phi) is 3.97. The maximum absolute atomic E-state index is 11.1. The standard InChI is InChI=1S/C14H19NO2S/c1-8-4-9(2)13(10(3)5-8)11-6-18-7-12(15-11)14(16)17/h4-5,11-12,15H,6-7H2,1-3H3,(H,16,17). The summed E-state index contributed by atoms with van der Waals surface area (Å²) in [6.45, 7) is 6.30. The van der Waals surface area contributed by atoms with Crippen molar-refractivity contribution >= 4 is 17.7 Å². The second-order valence-corrected chi connectivity index (χ2v) is 6.03. The molecule has 1 aliphatic rings. The molecule has 1 aromatic carbocycles. The van der Waals surface area contributed by atoms with E-state index in [1.54, 1.807) is 11.8 Å². The number of aliphatic carboxylic acids is 1. The lowest BCUT2D eigenvalue weighted by atomic mass is 9.94. The Hall–Kier alpha value is -1.00. The van der Waals surface area contributed by atoms with Crippen LogP contribution >= 0.6 is 11.8 Å². The van der Waals surface area contributed by atoms with E-state index in [1.807, 2.05) is 0 Å². The molecule has 0 spiro atoms. The number of nitrogens with one attached hydrogen (secondary N) is 1. The van der Waals surface area contributed by atoms with Crippen molar-refractivity contribution in [2.45, 2.75) is 32.9 Å². The summed E-state index contributed by atoms with van der Waals surface area (Å²) in [5.41, 5.74) is 5.01. The molecule has 4 heteroatoms. The Morgan fingerprint density at radius 3 is 2.44 bits per heavy atom. The largest absolute Gasteiger partial charge is 0.480 e. The molecule has 2 N–H and O–H groups in total. The molecular weight excluding hydrogens is 246 g/mol. The number of rotatable bonds is 2. The highest BCUT2D eigenvalue weighted by Crippen LogP contribution is 2.29. The number of hydrogen-bond acceptors (Lipinski definition) is 3. The van der Waals surface area contributed by atoms with E-state index in [4.69, 9.17) is 5.11 Å². The van der Waals surface area contributed by atoms with Crippen molar-refractivity contribution in [3.05, 3.63) is 34.4 Å². The van der Waals surface area contributed by atoms with Crippen LogP contribution in [0.3, 0.4) is 0 Å². The molecule has 0 aromatic heterocycles. The molecule has 98 valence electrons.